The van der Waals surface area contributed by atoms with Gasteiger partial charge in [0.1, 0.15) is 0 Å². The molecule has 4 aliphatic rings. The van der Waals surface area contributed by atoms with E-state index < -0.39 is 5.60 Å². The number of carbonyl (C=O) groups excluding carboxylic acids is 1. The highest BCUT2D eigenvalue weighted by Gasteiger charge is 2.60. The Labute approximate surface area is 132 Å². The molecule has 3 nitrogen and oxygen atoms in total. The number of hydrogen-bond acceptors (Lipinski definition) is 2. The number of carbonyl (C=O) groups is 1. The lowest BCUT2D eigenvalue weighted by molar-refractivity contribution is -0.174. The van der Waals surface area contributed by atoms with Crippen LogP contribution in [-0.2, 0) is 4.79 Å². The molecule has 1 aromatic rings. The van der Waals surface area contributed by atoms with Crippen LogP contribution in [0.1, 0.15) is 49.7 Å². The molecule has 118 valence electrons. The maximum absolute atomic E-state index is 13.0. The number of aryl methyl sites for hydroxylation is 1. The molecule has 4 bridgehead atoms. The molecule has 2 unspecified atom stereocenters. The standard InChI is InChI=1S/C19H25NO2/c1-12-4-3-5-16(13(12)2)20-17(21)18-7-14-6-15(8-18)10-19(22,9-14)11-18/h3-5,14-15,22H,6-11H2,1-2H3,(H,20,21). The first-order valence-electron chi connectivity index (χ1n) is 8.49. The highest BCUT2D eigenvalue weighted by Crippen LogP contribution is 2.61. The first-order valence-corrected chi connectivity index (χ1v) is 8.49. The highest BCUT2D eigenvalue weighted by atomic mass is 16.3. The molecule has 0 aliphatic heterocycles. The van der Waals surface area contributed by atoms with Gasteiger partial charge in [0.15, 0.2) is 0 Å². The van der Waals surface area contributed by atoms with Gasteiger partial charge in [0.05, 0.1) is 11.0 Å². The first kappa shape index (κ1) is 14.3. The number of rotatable bonds is 2. The van der Waals surface area contributed by atoms with Gasteiger partial charge in [-0.2, -0.15) is 0 Å². The van der Waals surface area contributed by atoms with E-state index >= 15 is 0 Å². The first-order chi connectivity index (χ1) is 10.4. The Hall–Kier alpha value is -1.35. The number of hydrogen-bond donors (Lipinski definition) is 2. The Bertz CT molecular complexity index is 622. The van der Waals surface area contributed by atoms with Crippen LogP contribution in [0.25, 0.3) is 0 Å². The van der Waals surface area contributed by atoms with Crippen molar-refractivity contribution in [2.45, 2.75) is 58.0 Å². The van der Waals surface area contributed by atoms with Crippen LogP contribution in [0.3, 0.4) is 0 Å². The Morgan fingerprint density at radius 1 is 1.18 bits per heavy atom. The minimum absolute atomic E-state index is 0.133. The van der Waals surface area contributed by atoms with Gasteiger partial charge in [0.2, 0.25) is 5.91 Å². The third-order valence-corrected chi connectivity index (χ3v) is 6.36. The van der Waals surface area contributed by atoms with Crippen molar-refractivity contribution in [2.24, 2.45) is 17.3 Å². The summed E-state index contributed by atoms with van der Waals surface area (Å²) < 4.78 is 0. The highest BCUT2D eigenvalue weighted by molar-refractivity contribution is 5.96. The van der Waals surface area contributed by atoms with Crippen molar-refractivity contribution in [3.63, 3.8) is 0 Å². The van der Waals surface area contributed by atoms with Crippen LogP contribution in [-0.4, -0.2) is 16.6 Å². The van der Waals surface area contributed by atoms with Crippen LogP contribution in [0.15, 0.2) is 18.2 Å². The van der Waals surface area contributed by atoms with Crippen molar-refractivity contribution in [3.8, 4) is 0 Å². The average molecular weight is 299 g/mol. The maximum atomic E-state index is 13.0. The Kier molecular flexibility index (Phi) is 2.96. The molecule has 2 N–H and O–H groups in total. The quantitative estimate of drug-likeness (QED) is 0.877. The zero-order valence-electron chi connectivity index (χ0n) is 13.5. The number of amides is 1. The number of nitrogens with one attached hydrogen (secondary N) is 1. The maximum Gasteiger partial charge on any atom is 0.230 e. The van der Waals surface area contributed by atoms with Crippen molar-refractivity contribution in [1.82, 2.24) is 0 Å². The van der Waals surface area contributed by atoms with Crippen molar-refractivity contribution in [3.05, 3.63) is 29.3 Å². The molecule has 1 amide bonds. The fourth-order valence-corrected chi connectivity index (χ4v) is 5.62. The van der Waals surface area contributed by atoms with Gasteiger partial charge in [0.25, 0.3) is 0 Å². The van der Waals surface area contributed by atoms with E-state index in [1.54, 1.807) is 0 Å². The third kappa shape index (κ3) is 2.10. The molecule has 5 rings (SSSR count). The second-order valence-electron chi connectivity index (χ2n) is 8.17. The Morgan fingerprint density at radius 3 is 2.50 bits per heavy atom. The van der Waals surface area contributed by atoms with Crippen molar-refractivity contribution in [2.75, 3.05) is 5.32 Å². The molecular weight excluding hydrogens is 274 g/mol. The molecule has 22 heavy (non-hydrogen) atoms. The number of aliphatic hydroxyl groups is 1. The molecule has 0 radical (unpaired) electrons. The van der Waals surface area contributed by atoms with Crippen LogP contribution in [0, 0.1) is 31.1 Å². The second-order valence-corrected chi connectivity index (χ2v) is 8.17. The molecule has 4 aliphatic carbocycles. The summed E-state index contributed by atoms with van der Waals surface area (Å²) in [6, 6.07) is 6.04. The van der Waals surface area contributed by atoms with E-state index in [9.17, 15) is 9.90 Å². The summed E-state index contributed by atoms with van der Waals surface area (Å²) in [7, 11) is 0. The fourth-order valence-electron chi connectivity index (χ4n) is 5.62. The van der Waals surface area contributed by atoms with Crippen LogP contribution in [0.4, 0.5) is 5.69 Å². The van der Waals surface area contributed by atoms with Gasteiger partial charge in [-0.1, -0.05) is 12.1 Å². The SMILES string of the molecule is Cc1cccc(NC(=O)C23CC4CC(CC(O)(C4)C2)C3)c1C. The fraction of sp³-hybridized carbons (Fsp3) is 0.632. The summed E-state index contributed by atoms with van der Waals surface area (Å²) in [6.45, 7) is 4.12. The molecule has 4 fully saturated rings. The van der Waals surface area contributed by atoms with Gasteiger partial charge in [-0.25, -0.2) is 0 Å². The third-order valence-electron chi connectivity index (χ3n) is 6.36. The smallest absolute Gasteiger partial charge is 0.230 e. The molecule has 0 saturated heterocycles. The summed E-state index contributed by atoms with van der Waals surface area (Å²) in [5.41, 5.74) is 2.34. The van der Waals surface area contributed by atoms with Gasteiger partial charge < -0.3 is 10.4 Å². The molecular formula is C19H25NO2. The monoisotopic (exact) mass is 299 g/mol. The van der Waals surface area contributed by atoms with E-state index in [1.807, 2.05) is 12.1 Å². The van der Waals surface area contributed by atoms with Gasteiger partial charge in [-0.3, -0.25) is 4.79 Å². The molecule has 0 spiro atoms. The van der Waals surface area contributed by atoms with Gasteiger partial charge in [-0.05, 0) is 81.4 Å². The van der Waals surface area contributed by atoms with E-state index in [4.69, 9.17) is 0 Å². The molecule has 4 saturated carbocycles. The van der Waals surface area contributed by atoms with Gasteiger partial charge in [0, 0.05) is 5.69 Å². The van der Waals surface area contributed by atoms with Crippen molar-refractivity contribution >= 4 is 11.6 Å². The zero-order valence-corrected chi connectivity index (χ0v) is 13.5. The normalized spacial score (nSPS) is 39.0. The minimum Gasteiger partial charge on any atom is -0.390 e. The van der Waals surface area contributed by atoms with E-state index in [1.165, 1.54) is 12.0 Å². The lowest BCUT2D eigenvalue weighted by Gasteiger charge is -2.59. The minimum atomic E-state index is -0.580. The average Bonchev–Trinajstić information content (AvgIpc) is 2.41. The van der Waals surface area contributed by atoms with E-state index in [0.717, 1.165) is 36.9 Å². The lowest BCUT2D eigenvalue weighted by Crippen LogP contribution is -2.59. The van der Waals surface area contributed by atoms with Crippen molar-refractivity contribution in [1.29, 1.82) is 0 Å². The zero-order chi connectivity index (χ0) is 15.5. The number of benzene rings is 1. The Balaban J connectivity index is 1.61. The summed E-state index contributed by atoms with van der Waals surface area (Å²) in [4.78, 5) is 13.0. The summed E-state index contributed by atoms with van der Waals surface area (Å²) >= 11 is 0. The molecule has 1 aromatic carbocycles. The van der Waals surface area contributed by atoms with E-state index in [-0.39, 0.29) is 11.3 Å². The van der Waals surface area contributed by atoms with E-state index in [2.05, 4.69) is 25.2 Å². The Morgan fingerprint density at radius 2 is 1.86 bits per heavy atom. The largest absolute Gasteiger partial charge is 0.390 e. The summed E-state index contributed by atoms with van der Waals surface area (Å²) in [5.74, 6) is 1.21. The predicted octanol–water partition coefficient (Wildman–Crippen LogP) is 3.57. The predicted molar refractivity (Wildman–Crippen MR) is 86.6 cm³/mol. The molecule has 2 atom stereocenters. The van der Waals surface area contributed by atoms with Crippen LogP contribution in [0.2, 0.25) is 0 Å². The number of anilines is 1. The van der Waals surface area contributed by atoms with Crippen LogP contribution < -0.4 is 5.32 Å². The van der Waals surface area contributed by atoms with E-state index in [0.29, 0.717) is 18.3 Å². The molecule has 0 heterocycles. The topological polar surface area (TPSA) is 49.3 Å². The summed E-state index contributed by atoms with van der Waals surface area (Å²) in [6.07, 6.45) is 5.60. The molecule has 0 aromatic heterocycles. The second kappa shape index (κ2) is 4.58. The van der Waals surface area contributed by atoms with Gasteiger partial charge >= 0.3 is 0 Å². The lowest BCUT2D eigenvalue weighted by atomic mass is 9.47. The van der Waals surface area contributed by atoms with Gasteiger partial charge in [-0.15, -0.1) is 0 Å². The van der Waals surface area contributed by atoms with Crippen LogP contribution >= 0.6 is 0 Å². The molecule has 3 heteroatoms. The van der Waals surface area contributed by atoms with Crippen molar-refractivity contribution < 1.29 is 9.90 Å². The summed E-state index contributed by atoms with van der Waals surface area (Å²) in [5, 5.41) is 14.0. The van der Waals surface area contributed by atoms with Crippen LogP contribution in [0.5, 0.6) is 0 Å².